The van der Waals surface area contributed by atoms with Crippen LogP contribution in [0.3, 0.4) is 0 Å². The fourth-order valence-electron chi connectivity index (χ4n) is 2.18. The number of rotatable bonds is 3. The lowest BCUT2D eigenvalue weighted by molar-refractivity contribution is 0.754. The number of pyridine rings is 1. The van der Waals surface area contributed by atoms with E-state index in [-0.39, 0.29) is 0 Å². The molecule has 3 rings (SSSR count). The third-order valence-corrected chi connectivity index (χ3v) is 4.38. The third kappa shape index (κ3) is 2.21. The summed E-state index contributed by atoms with van der Waals surface area (Å²) in [5.74, 6) is 0.847. The molecule has 102 valence electrons. The van der Waals surface area contributed by atoms with Crippen LogP contribution in [-0.4, -0.2) is 19.7 Å². The summed E-state index contributed by atoms with van der Waals surface area (Å²) in [6.45, 7) is 4.85. The number of aryl methyl sites for hydroxylation is 1. The van der Waals surface area contributed by atoms with E-state index in [0.29, 0.717) is 4.77 Å². The van der Waals surface area contributed by atoms with Crippen molar-refractivity contribution in [3.8, 4) is 22.0 Å². The Hall–Kier alpha value is -1.79. The van der Waals surface area contributed by atoms with Gasteiger partial charge in [0.2, 0.25) is 0 Å². The van der Waals surface area contributed by atoms with Gasteiger partial charge in [0.1, 0.15) is 0 Å². The Bertz CT molecular complexity index is 784. The van der Waals surface area contributed by atoms with Crippen molar-refractivity contribution in [2.24, 2.45) is 0 Å². The smallest absolute Gasteiger partial charge is 0.195 e. The van der Waals surface area contributed by atoms with E-state index in [0.717, 1.165) is 29.3 Å². The predicted octanol–water partition coefficient (Wildman–Crippen LogP) is 4.06. The second-order valence-electron chi connectivity index (χ2n) is 4.40. The quantitative estimate of drug-likeness (QED) is 0.742. The lowest BCUT2D eigenvalue weighted by atomic mass is 10.1. The molecule has 0 unspecified atom stereocenters. The molecule has 0 radical (unpaired) electrons. The zero-order chi connectivity index (χ0) is 14.1. The number of aromatic nitrogens is 4. The first-order valence-corrected chi connectivity index (χ1v) is 7.66. The van der Waals surface area contributed by atoms with Crippen molar-refractivity contribution in [1.82, 2.24) is 19.7 Å². The van der Waals surface area contributed by atoms with Crippen LogP contribution in [0.1, 0.15) is 12.6 Å². The van der Waals surface area contributed by atoms with Gasteiger partial charge in [0.25, 0.3) is 0 Å². The minimum absolute atomic E-state index is 0.643. The van der Waals surface area contributed by atoms with Gasteiger partial charge in [-0.3, -0.25) is 10.1 Å². The topological polar surface area (TPSA) is 46.5 Å². The van der Waals surface area contributed by atoms with Crippen LogP contribution in [0.25, 0.3) is 22.0 Å². The molecule has 0 spiro atoms. The summed E-state index contributed by atoms with van der Waals surface area (Å²) in [4.78, 5) is 5.86. The largest absolute Gasteiger partial charge is 0.300 e. The normalized spacial score (nSPS) is 10.9. The van der Waals surface area contributed by atoms with E-state index in [9.17, 15) is 0 Å². The van der Waals surface area contributed by atoms with Gasteiger partial charge in [-0.15, -0.1) is 11.3 Å². The molecule has 20 heavy (non-hydrogen) atoms. The molecule has 3 heterocycles. The Morgan fingerprint density at radius 2 is 2.20 bits per heavy atom. The molecular formula is C14H14N4S2. The second kappa shape index (κ2) is 5.30. The van der Waals surface area contributed by atoms with Crippen molar-refractivity contribution in [2.75, 3.05) is 0 Å². The molecule has 0 bridgehead atoms. The van der Waals surface area contributed by atoms with E-state index in [1.165, 1.54) is 4.88 Å². The molecule has 6 heteroatoms. The van der Waals surface area contributed by atoms with Crippen LogP contribution in [0.4, 0.5) is 0 Å². The third-order valence-electron chi connectivity index (χ3n) is 3.17. The summed E-state index contributed by atoms with van der Waals surface area (Å²) in [5.41, 5.74) is 2.97. The van der Waals surface area contributed by atoms with Crippen molar-refractivity contribution in [2.45, 2.75) is 20.4 Å². The Labute approximate surface area is 126 Å². The van der Waals surface area contributed by atoms with Gasteiger partial charge >= 0.3 is 0 Å². The van der Waals surface area contributed by atoms with Crippen LogP contribution in [-0.2, 0) is 6.54 Å². The molecule has 0 aliphatic heterocycles. The summed E-state index contributed by atoms with van der Waals surface area (Å²) >= 11 is 6.92. The van der Waals surface area contributed by atoms with Crippen molar-refractivity contribution in [1.29, 1.82) is 0 Å². The molecule has 0 saturated carbocycles. The van der Waals surface area contributed by atoms with Crippen LogP contribution in [0.5, 0.6) is 0 Å². The zero-order valence-corrected chi connectivity index (χ0v) is 12.9. The van der Waals surface area contributed by atoms with Gasteiger partial charge in [0.05, 0.1) is 10.6 Å². The minimum atomic E-state index is 0.643. The van der Waals surface area contributed by atoms with Gasteiger partial charge in [0.15, 0.2) is 10.6 Å². The Balaban J connectivity index is 2.10. The molecule has 0 aromatic carbocycles. The van der Waals surface area contributed by atoms with E-state index >= 15 is 0 Å². The van der Waals surface area contributed by atoms with Gasteiger partial charge < -0.3 is 4.57 Å². The number of aromatic amines is 1. The van der Waals surface area contributed by atoms with E-state index in [4.69, 9.17) is 12.2 Å². The molecular weight excluding hydrogens is 288 g/mol. The maximum absolute atomic E-state index is 5.23. The molecule has 0 aliphatic carbocycles. The highest BCUT2D eigenvalue weighted by Crippen LogP contribution is 2.27. The van der Waals surface area contributed by atoms with Crippen molar-refractivity contribution >= 4 is 23.6 Å². The molecule has 0 saturated heterocycles. The lowest BCUT2D eigenvalue weighted by Gasteiger charge is -2.07. The first-order chi connectivity index (χ1) is 9.70. The first kappa shape index (κ1) is 13.2. The van der Waals surface area contributed by atoms with Crippen LogP contribution >= 0.6 is 23.6 Å². The second-order valence-corrected chi connectivity index (χ2v) is 5.74. The first-order valence-electron chi connectivity index (χ1n) is 6.37. The van der Waals surface area contributed by atoms with Crippen LogP contribution in [0.15, 0.2) is 29.6 Å². The predicted molar refractivity (Wildman–Crippen MR) is 84.4 cm³/mol. The summed E-state index contributed by atoms with van der Waals surface area (Å²) in [5, 5.41) is 9.22. The number of hydrogen-bond donors (Lipinski definition) is 1. The summed E-state index contributed by atoms with van der Waals surface area (Å²) in [6, 6.07) is 8.21. The van der Waals surface area contributed by atoms with Crippen LogP contribution in [0, 0.1) is 11.7 Å². The highest BCUT2D eigenvalue weighted by Gasteiger charge is 2.12. The molecule has 4 nitrogen and oxygen atoms in total. The number of thiophene rings is 1. The minimum Gasteiger partial charge on any atom is -0.300 e. The van der Waals surface area contributed by atoms with Crippen molar-refractivity contribution in [3.05, 3.63) is 40.1 Å². The molecule has 0 atom stereocenters. The van der Waals surface area contributed by atoms with Gasteiger partial charge in [0, 0.05) is 17.8 Å². The monoisotopic (exact) mass is 302 g/mol. The Morgan fingerprint density at radius 1 is 1.35 bits per heavy atom. The van der Waals surface area contributed by atoms with Crippen molar-refractivity contribution in [3.63, 3.8) is 0 Å². The fraction of sp³-hybridized carbons (Fsp3) is 0.214. The Kier molecular flexibility index (Phi) is 3.50. The summed E-state index contributed by atoms with van der Waals surface area (Å²) < 4.78 is 2.62. The molecule has 3 aromatic heterocycles. The summed E-state index contributed by atoms with van der Waals surface area (Å²) in [7, 11) is 0. The fourth-order valence-corrected chi connectivity index (χ4v) is 3.13. The SMILES string of the molecule is CCn1c(-c2ccc(-c3cccs3)nc2C)n[nH]c1=S. The average molecular weight is 302 g/mol. The lowest BCUT2D eigenvalue weighted by Crippen LogP contribution is -2.00. The summed E-state index contributed by atoms with van der Waals surface area (Å²) in [6.07, 6.45) is 0. The molecule has 0 fully saturated rings. The maximum atomic E-state index is 5.23. The van der Waals surface area contributed by atoms with E-state index in [2.05, 4.69) is 39.6 Å². The number of hydrogen-bond acceptors (Lipinski definition) is 4. The highest BCUT2D eigenvalue weighted by atomic mass is 32.1. The van der Waals surface area contributed by atoms with Gasteiger partial charge in [-0.2, -0.15) is 5.10 Å². The zero-order valence-electron chi connectivity index (χ0n) is 11.3. The van der Waals surface area contributed by atoms with Crippen LogP contribution in [0.2, 0.25) is 0 Å². The Morgan fingerprint density at radius 3 is 2.85 bits per heavy atom. The average Bonchev–Trinajstić information content (AvgIpc) is 3.08. The maximum Gasteiger partial charge on any atom is 0.195 e. The number of nitrogens with one attached hydrogen (secondary N) is 1. The molecule has 3 aromatic rings. The van der Waals surface area contributed by atoms with Crippen LogP contribution < -0.4 is 0 Å². The van der Waals surface area contributed by atoms with E-state index in [1.807, 2.05) is 23.6 Å². The van der Waals surface area contributed by atoms with Gasteiger partial charge in [-0.05, 0) is 49.6 Å². The highest BCUT2D eigenvalue weighted by molar-refractivity contribution is 7.71. The number of H-pyrrole nitrogens is 1. The molecule has 1 N–H and O–H groups in total. The van der Waals surface area contributed by atoms with Gasteiger partial charge in [-0.25, -0.2) is 0 Å². The van der Waals surface area contributed by atoms with Gasteiger partial charge in [-0.1, -0.05) is 6.07 Å². The number of nitrogens with zero attached hydrogens (tertiary/aromatic N) is 3. The standard InChI is InChI=1S/C14H14N4S2/c1-3-18-13(16-17-14(18)19)10-6-7-11(15-9(10)2)12-5-4-8-20-12/h4-8H,3H2,1-2H3,(H,17,19). The molecule has 0 aliphatic rings. The van der Waals surface area contributed by atoms with E-state index < -0.39 is 0 Å². The molecule has 0 amide bonds. The van der Waals surface area contributed by atoms with Crippen molar-refractivity contribution < 1.29 is 0 Å². The van der Waals surface area contributed by atoms with E-state index in [1.54, 1.807) is 11.3 Å².